The van der Waals surface area contributed by atoms with Crippen LogP contribution in [-0.4, -0.2) is 57.6 Å². The minimum Gasteiger partial charge on any atom is -0.384 e. The van der Waals surface area contributed by atoms with E-state index in [1.54, 1.807) is 21.7 Å². The molecule has 1 atom stereocenters. The molecule has 10 heteroatoms. The molecule has 43 heavy (non-hydrogen) atoms. The molecule has 1 fully saturated rings. The number of pyridine rings is 1. The lowest BCUT2D eigenvalue weighted by molar-refractivity contribution is -0.126. The quantitative estimate of drug-likeness (QED) is 0.295. The Kier molecular flexibility index (Phi) is 7.46. The van der Waals surface area contributed by atoms with Crippen LogP contribution in [-0.2, 0) is 11.2 Å². The summed E-state index contributed by atoms with van der Waals surface area (Å²) in [5, 5.41) is 4.43. The highest BCUT2D eigenvalue weighted by atomic mass is 35.5. The minimum atomic E-state index is -0.451. The van der Waals surface area contributed by atoms with Crippen molar-refractivity contribution < 1.29 is 9.18 Å². The van der Waals surface area contributed by atoms with Crippen LogP contribution in [0.5, 0.6) is 0 Å². The third-order valence-corrected chi connectivity index (χ3v) is 8.77. The SMILES string of the molecule is C=CC(=O)N1CCN(c2nc(=O)n(-c3c(C)ccnc3C(C)C)c3c4c(c(Cl)cc23)-c2c(F)cccc2NCC4)[C@@H](C)C1. The van der Waals surface area contributed by atoms with E-state index in [0.29, 0.717) is 76.8 Å². The van der Waals surface area contributed by atoms with Crippen LogP contribution < -0.4 is 15.9 Å². The van der Waals surface area contributed by atoms with Crippen LogP contribution in [0, 0.1) is 12.7 Å². The van der Waals surface area contributed by atoms with E-state index in [1.807, 2.05) is 45.9 Å². The second kappa shape index (κ2) is 11.1. The number of halogens is 2. The number of aryl methyl sites for hydroxylation is 1. The molecule has 1 amide bonds. The molecule has 0 unspecified atom stereocenters. The first-order chi connectivity index (χ1) is 20.6. The van der Waals surface area contributed by atoms with Crippen molar-refractivity contribution in [2.45, 2.75) is 46.1 Å². The molecule has 0 radical (unpaired) electrons. The minimum absolute atomic E-state index is 0.0257. The standard InChI is InChI=1S/C33H34ClFN6O2/c1-6-26(42)39-14-15-40(20(5)17-39)32-22-16-23(34)27-21(11-13-36-25-9-7-8-24(35)28(25)27)31(22)41(33(43)38-32)30-19(4)10-12-37-29(30)18(2)3/h6-10,12,16,18,20,36H,1,11,13-15,17H2,2-5H3/t20-/m0/s1. The number of anilines is 2. The number of carbonyl (C=O) groups excluding carboxylic acids is 1. The van der Waals surface area contributed by atoms with Gasteiger partial charge in [-0.05, 0) is 67.7 Å². The van der Waals surface area contributed by atoms with Gasteiger partial charge in [-0.3, -0.25) is 14.3 Å². The van der Waals surface area contributed by atoms with Crippen molar-refractivity contribution in [1.82, 2.24) is 19.4 Å². The number of benzene rings is 2. The molecule has 0 spiro atoms. The van der Waals surface area contributed by atoms with E-state index in [1.165, 1.54) is 12.1 Å². The van der Waals surface area contributed by atoms with Gasteiger partial charge in [0.05, 0.1) is 16.9 Å². The average molecular weight is 601 g/mol. The fraction of sp³-hybridized carbons (Fsp3) is 0.333. The maximum Gasteiger partial charge on any atom is 0.354 e. The van der Waals surface area contributed by atoms with Crippen molar-refractivity contribution in [3.63, 3.8) is 0 Å². The zero-order valence-electron chi connectivity index (χ0n) is 24.7. The fourth-order valence-corrected chi connectivity index (χ4v) is 6.81. The number of aromatic nitrogens is 3. The van der Waals surface area contributed by atoms with E-state index in [0.717, 1.165) is 16.8 Å². The molecule has 222 valence electrons. The summed E-state index contributed by atoms with van der Waals surface area (Å²) in [6, 6.07) is 8.50. The van der Waals surface area contributed by atoms with Crippen molar-refractivity contribution in [2.75, 3.05) is 36.4 Å². The van der Waals surface area contributed by atoms with E-state index in [4.69, 9.17) is 16.6 Å². The summed E-state index contributed by atoms with van der Waals surface area (Å²) in [4.78, 5) is 39.9. The highest BCUT2D eigenvalue weighted by molar-refractivity contribution is 6.35. The maximum absolute atomic E-state index is 15.6. The molecular weight excluding hydrogens is 567 g/mol. The largest absolute Gasteiger partial charge is 0.384 e. The first-order valence-electron chi connectivity index (χ1n) is 14.6. The number of amides is 1. The van der Waals surface area contributed by atoms with Crippen LogP contribution in [0.1, 0.15) is 43.5 Å². The average Bonchev–Trinajstić information content (AvgIpc) is 3.18. The molecule has 1 saturated heterocycles. The Labute approximate surface area is 254 Å². The maximum atomic E-state index is 15.6. The van der Waals surface area contributed by atoms with Gasteiger partial charge in [-0.15, -0.1) is 0 Å². The summed E-state index contributed by atoms with van der Waals surface area (Å²) in [6.45, 7) is 13.6. The van der Waals surface area contributed by atoms with Crippen LogP contribution in [0.25, 0.3) is 27.7 Å². The molecule has 1 N–H and O–H groups in total. The Balaban J connectivity index is 1.72. The lowest BCUT2D eigenvalue weighted by Crippen LogP contribution is -2.54. The van der Waals surface area contributed by atoms with Crippen LogP contribution in [0.2, 0.25) is 5.02 Å². The van der Waals surface area contributed by atoms with Crippen molar-refractivity contribution in [3.8, 4) is 16.8 Å². The second-order valence-corrected chi connectivity index (χ2v) is 12.0. The highest BCUT2D eigenvalue weighted by Gasteiger charge is 2.32. The number of nitrogens with one attached hydrogen (secondary N) is 1. The Hall–Kier alpha value is -4.24. The normalized spacial score (nSPS) is 16.5. The molecule has 4 heterocycles. The zero-order valence-corrected chi connectivity index (χ0v) is 25.5. The predicted molar refractivity (Wildman–Crippen MR) is 170 cm³/mol. The van der Waals surface area contributed by atoms with Gasteiger partial charge in [0.1, 0.15) is 11.6 Å². The van der Waals surface area contributed by atoms with Crippen LogP contribution in [0.4, 0.5) is 15.9 Å². The first-order valence-corrected chi connectivity index (χ1v) is 14.9. The van der Waals surface area contributed by atoms with Crippen molar-refractivity contribution in [2.24, 2.45) is 0 Å². The Morgan fingerprint density at radius 3 is 2.74 bits per heavy atom. The Morgan fingerprint density at radius 1 is 1.23 bits per heavy atom. The molecule has 2 aliphatic heterocycles. The lowest BCUT2D eigenvalue weighted by Gasteiger charge is -2.40. The summed E-state index contributed by atoms with van der Waals surface area (Å²) in [6.07, 6.45) is 3.57. The summed E-state index contributed by atoms with van der Waals surface area (Å²) < 4.78 is 17.2. The van der Waals surface area contributed by atoms with E-state index < -0.39 is 11.5 Å². The van der Waals surface area contributed by atoms with Gasteiger partial charge in [-0.1, -0.05) is 38.1 Å². The molecule has 0 bridgehead atoms. The van der Waals surface area contributed by atoms with Gasteiger partial charge in [-0.2, -0.15) is 4.98 Å². The van der Waals surface area contributed by atoms with Gasteiger partial charge in [-0.25, -0.2) is 9.18 Å². The lowest BCUT2D eigenvalue weighted by atomic mass is 9.93. The number of fused-ring (bicyclic) bond motifs is 5. The first kappa shape index (κ1) is 28.9. The smallest absolute Gasteiger partial charge is 0.354 e. The summed E-state index contributed by atoms with van der Waals surface area (Å²) in [5.74, 6) is -0.000266. The number of hydrogen-bond donors (Lipinski definition) is 1. The van der Waals surface area contributed by atoms with Gasteiger partial charge >= 0.3 is 5.69 Å². The number of carbonyl (C=O) groups is 1. The van der Waals surface area contributed by atoms with E-state index >= 15 is 4.39 Å². The van der Waals surface area contributed by atoms with Gasteiger partial charge in [0.15, 0.2) is 0 Å². The topological polar surface area (TPSA) is 83.4 Å². The van der Waals surface area contributed by atoms with Crippen molar-refractivity contribution in [3.05, 3.63) is 87.3 Å². The summed E-state index contributed by atoms with van der Waals surface area (Å²) in [5.41, 5.74) is 4.89. The Morgan fingerprint density at radius 2 is 2.02 bits per heavy atom. The molecule has 0 aliphatic carbocycles. The van der Waals surface area contributed by atoms with Crippen LogP contribution in [0.15, 0.2) is 54.0 Å². The third-order valence-electron chi connectivity index (χ3n) is 8.47. The molecule has 6 rings (SSSR count). The summed E-state index contributed by atoms with van der Waals surface area (Å²) >= 11 is 7.07. The number of rotatable bonds is 4. The van der Waals surface area contributed by atoms with Crippen molar-refractivity contribution >= 4 is 39.9 Å². The predicted octanol–water partition coefficient (Wildman–Crippen LogP) is 5.86. The molecule has 0 saturated carbocycles. The number of nitrogens with zero attached hydrogens (tertiary/aromatic N) is 5. The monoisotopic (exact) mass is 600 g/mol. The summed E-state index contributed by atoms with van der Waals surface area (Å²) in [7, 11) is 0. The van der Waals surface area contributed by atoms with Crippen LogP contribution in [0.3, 0.4) is 0 Å². The molecule has 8 nitrogen and oxygen atoms in total. The molecule has 2 aliphatic rings. The zero-order chi connectivity index (χ0) is 30.6. The molecule has 4 aromatic rings. The van der Waals surface area contributed by atoms with Crippen LogP contribution >= 0.6 is 11.6 Å². The molecular formula is C33H34ClFN6O2. The second-order valence-electron chi connectivity index (χ2n) is 11.5. The fourth-order valence-electron chi connectivity index (χ4n) is 6.49. The van der Waals surface area contributed by atoms with E-state index in [-0.39, 0.29) is 17.9 Å². The third kappa shape index (κ3) is 4.76. The van der Waals surface area contributed by atoms with Crippen molar-refractivity contribution in [1.29, 1.82) is 0 Å². The Bertz CT molecular complexity index is 1850. The number of piperazine rings is 1. The van der Waals surface area contributed by atoms with E-state index in [9.17, 15) is 9.59 Å². The van der Waals surface area contributed by atoms with Gasteiger partial charge < -0.3 is 15.1 Å². The van der Waals surface area contributed by atoms with Gasteiger partial charge in [0, 0.05) is 65.6 Å². The van der Waals surface area contributed by atoms with Gasteiger partial charge in [0.2, 0.25) is 5.91 Å². The van der Waals surface area contributed by atoms with Gasteiger partial charge in [0.25, 0.3) is 0 Å². The molecule has 2 aromatic carbocycles. The van der Waals surface area contributed by atoms with E-state index in [2.05, 4.69) is 21.8 Å². The molecule has 2 aromatic heterocycles. The number of hydrogen-bond acceptors (Lipinski definition) is 6. The highest BCUT2D eigenvalue weighted by Crippen LogP contribution is 2.45.